The third-order valence-electron chi connectivity index (χ3n) is 3.27. The molecular formula is C14H22N2O2. The van der Waals surface area contributed by atoms with Crippen molar-refractivity contribution in [3.8, 4) is 11.5 Å². The number of fused-ring (bicyclic) bond motifs is 1. The maximum atomic E-state index is 5.42. The molecule has 1 aromatic rings. The van der Waals surface area contributed by atoms with Gasteiger partial charge in [0.05, 0.1) is 0 Å². The van der Waals surface area contributed by atoms with E-state index in [-0.39, 0.29) is 5.41 Å². The van der Waals surface area contributed by atoms with Gasteiger partial charge in [-0.1, -0.05) is 19.9 Å². The van der Waals surface area contributed by atoms with Gasteiger partial charge in [-0.15, -0.1) is 0 Å². The average molecular weight is 250 g/mol. The third-order valence-corrected chi connectivity index (χ3v) is 3.27. The lowest BCUT2D eigenvalue weighted by Crippen LogP contribution is -2.36. The van der Waals surface area contributed by atoms with E-state index >= 15 is 0 Å². The van der Waals surface area contributed by atoms with Gasteiger partial charge in [0.2, 0.25) is 6.79 Å². The Balaban J connectivity index is 2.00. The summed E-state index contributed by atoms with van der Waals surface area (Å²) in [5.41, 5.74) is 1.35. The molecule has 1 aliphatic rings. The minimum Gasteiger partial charge on any atom is -0.454 e. The Labute approximate surface area is 109 Å². The summed E-state index contributed by atoms with van der Waals surface area (Å²) in [5, 5.41) is 6.59. The van der Waals surface area contributed by atoms with Gasteiger partial charge in [-0.3, -0.25) is 0 Å². The first-order valence-corrected chi connectivity index (χ1v) is 6.39. The number of hydrogen-bond acceptors (Lipinski definition) is 4. The summed E-state index contributed by atoms with van der Waals surface area (Å²) in [6.45, 7) is 7.70. The first-order chi connectivity index (χ1) is 8.63. The molecule has 1 aromatic carbocycles. The average Bonchev–Trinajstić information content (AvgIpc) is 2.82. The minimum absolute atomic E-state index is 0.0781. The number of likely N-dealkylation sites (N-methyl/N-ethyl adjacent to an activating group) is 1. The molecule has 0 saturated heterocycles. The second-order valence-electron chi connectivity index (χ2n) is 5.23. The van der Waals surface area contributed by atoms with Crippen molar-refractivity contribution in [2.75, 3.05) is 33.5 Å². The van der Waals surface area contributed by atoms with Crippen LogP contribution >= 0.6 is 0 Å². The van der Waals surface area contributed by atoms with Crippen LogP contribution in [-0.4, -0.2) is 33.5 Å². The van der Waals surface area contributed by atoms with Crippen LogP contribution < -0.4 is 20.1 Å². The molecule has 0 unspecified atom stereocenters. The number of hydrogen-bond donors (Lipinski definition) is 2. The molecule has 0 fully saturated rings. The molecule has 2 N–H and O–H groups in total. The van der Waals surface area contributed by atoms with Gasteiger partial charge >= 0.3 is 0 Å². The van der Waals surface area contributed by atoms with Crippen molar-refractivity contribution in [2.45, 2.75) is 19.3 Å². The summed E-state index contributed by atoms with van der Waals surface area (Å²) < 4.78 is 10.8. The first-order valence-electron chi connectivity index (χ1n) is 6.39. The van der Waals surface area contributed by atoms with Crippen molar-refractivity contribution in [1.82, 2.24) is 10.6 Å². The highest BCUT2D eigenvalue weighted by Crippen LogP contribution is 2.36. The summed E-state index contributed by atoms with van der Waals surface area (Å²) in [4.78, 5) is 0. The normalized spacial score (nSPS) is 13.9. The topological polar surface area (TPSA) is 42.5 Å². The molecule has 0 radical (unpaired) electrons. The van der Waals surface area contributed by atoms with E-state index in [1.54, 1.807) is 0 Å². The maximum Gasteiger partial charge on any atom is 0.231 e. The summed E-state index contributed by atoms with van der Waals surface area (Å²) in [5.74, 6) is 1.70. The highest BCUT2D eigenvalue weighted by molar-refractivity contribution is 5.46. The van der Waals surface area contributed by atoms with E-state index < -0.39 is 0 Å². The Morgan fingerprint density at radius 1 is 1.17 bits per heavy atom. The second kappa shape index (κ2) is 5.59. The first kappa shape index (κ1) is 13.2. The van der Waals surface area contributed by atoms with E-state index in [0.717, 1.165) is 31.1 Å². The molecule has 18 heavy (non-hydrogen) atoms. The van der Waals surface area contributed by atoms with Crippen LogP contribution in [0.4, 0.5) is 0 Å². The van der Waals surface area contributed by atoms with E-state index in [1.165, 1.54) is 5.56 Å². The molecule has 2 rings (SSSR count). The number of nitrogens with one attached hydrogen (secondary N) is 2. The monoisotopic (exact) mass is 250 g/mol. The third kappa shape index (κ3) is 2.94. The summed E-state index contributed by atoms with van der Waals surface area (Å²) in [6.07, 6.45) is 0. The molecule has 4 heteroatoms. The van der Waals surface area contributed by atoms with Gasteiger partial charge in [-0.05, 0) is 24.7 Å². The van der Waals surface area contributed by atoms with E-state index in [0.29, 0.717) is 6.79 Å². The Kier molecular flexibility index (Phi) is 4.09. The molecule has 0 spiro atoms. The smallest absolute Gasteiger partial charge is 0.231 e. The zero-order chi connectivity index (χ0) is 13.0. The highest BCUT2D eigenvalue weighted by Gasteiger charge is 2.23. The summed E-state index contributed by atoms with van der Waals surface area (Å²) in [7, 11) is 1.96. The molecule has 0 aliphatic carbocycles. The van der Waals surface area contributed by atoms with E-state index in [2.05, 4.69) is 36.6 Å². The fourth-order valence-electron chi connectivity index (χ4n) is 2.03. The van der Waals surface area contributed by atoms with Crippen molar-refractivity contribution in [3.05, 3.63) is 23.8 Å². The van der Waals surface area contributed by atoms with Gasteiger partial charge in [0.25, 0.3) is 0 Å². The minimum atomic E-state index is 0.0781. The molecular weight excluding hydrogens is 228 g/mol. The Morgan fingerprint density at radius 2 is 1.94 bits per heavy atom. The molecule has 1 heterocycles. The van der Waals surface area contributed by atoms with Crippen LogP contribution in [-0.2, 0) is 5.41 Å². The second-order valence-corrected chi connectivity index (χ2v) is 5.23. The zero-order valence-corrected chi connectivity index (χ0v) is 11.4. The van der Waals surface area contributed by atoms with Crippen LogP contribution in [0.1, 0.15) is 19.4 Å². The van der Waals surface area contributed by atoms with Gasteiger partial charge in [-0.25, -0.2) is 0 Å². The van der Waals surface area contributed by atoms with Crippen LogP contribution in [0, 0.1) is 0 Å². The molecule has 0 saturated carbocycles. The quantitative estimate of drug-likeness (QED) is 0.751. The van der Waals surface area contributed by atoms with Gasteiger partial charge in [-0.2, -0.15) is 0 Å². The predicted molar refractivity (Wildman–Crippen MR) is 72.4 cm³/mol. The van der Waals surface area contributed by atoms with E-state index in [4.69, 9.17) is 9.47 Å². The standard InChI is InChI=1S/C14H22N2O2/c1-14(2,9-16-7-6-15-3)11-4-5-12-13(8-11)18-10-17-12/h4-5,8,15-16H,6-7,9-10H2,1-3H3. The van der Waals surface area contributed by atoms with Gasteiger partial charge < -0.3 is 20.1 Å². The van der Waals surface area contributed by atoms with Crippen LogP contribution in [0.25, 0.3) is 0 Å². The van der Waals surface area contributed by atoms with Crippen molar-refractivity contribution in [2.24, 2.45) is 0 Å². The lowest BCUT2D eigenvalue weighted by molar-refractivity contribution is 0.174. The van der Waals surface area contributed by atoms with Crippen LogP contribution in [0.3, 0.4) is 0 Å². The van der Waals surface area contributed by atoms with Crippen molar-refractivity contribution in [1.29, 1.82) is 0 Å². The largest absolute Gasteiger partial charge is 0.454 e. The number of benzene rings is 1. The van der Waals surface area contributed by atoms with Crippen LogP contribution in [0.2, 0.25) is 0 Å². The van der Waals surface area contributed by atoms with Crippen molar-refractivity contribution in [3.63, 3.8) is 0 Å². The Bertz CT molecular complexity index is 405. The molecule has 1 aliphatic heterocycles. The zero-order valence-electron chi connectivity index (χ0n) is 11.4. The molecule has 4 nitrogen and oxygen atoms in total. The van der Waals surface area contributed by atoms with Crippen molar-refractivity contribution < 1.29 is 9.47 Å². The Morgan fingerprint density at radius 3 is 2.72 bits per heavy atom. The number of ether oxygens (including phenoxy) is 2. The fraction of sp³-hybridized carbons (Fsp3) is 0.571. The molecule has 0 bridgehead atoms. The lowest BCUT2D eigenvalue weighted by atomic mass is 9.84. The van der Waals surface area contributed by atoms with Gasteiger partial charge in [0, 0.05) is 25.0 Å². The SMILES string of the molecule is CNCCNCC(C)(C)c1ccc2c(c1)OCO2. The van der Waals surface area contributed by atoms with Gasteiger partial charge in [0.1, 0.15) is 0 Å². The fourth-order valence-corrected chi connectivity index (χ4v) is 2.03. The molecule has 0 atom stereocenters. The van der Waals surface area contributed by atoms with E-state index in [1.807, 2.05) is 13.1 Å². The molecule has 100 valence electrons. The predicted octanol–water partition coefficient (Wildman–Crippen LogP) is 1.50. The summed E-state index contributed by atoms with van der Waals surface area (Å²) >= 11 is 0. The lowest BCUT2D eigenvalue weighted by Gasteiger charge is -2.26. The molecule has 0 aromatic heterocycles. The molecule has 0 amide bonds. The van der Waals surface area contributed by atoms with E-state index in [9.17, 15) is 0 Å². The summed E-state index contributed by atoms with van der Waals surface area (Å²) in [6, 6.07) is 6.20. The maximum absolute atomic E-state index is 5.42. The van der Waals surface area contributed by atoms with Crippen LogP contribution in [0.5, 0.6) is 11.5 Å². The number of rotatable bonds is 6. The van der Waals surface area contributed by atoms with Crippen molar-refractivity contribution >= 4 is 0 Å². The van der Waals surface area contributed by atoms with Gasteiger partial charge in [0.15, 0.2) is 11.5 Å². The Hall–Kier alpha value is -1.26. The van der Waals surface area contributed by atoms with Crippen LogP contribution in [0.15, 0.2) is 18.2 Å². The highest BCUT2D eigenvalue weighted by atomic mass is 16.7.